The van der Waals surface area contributed by atoms with Crippen LogP contribution < -0.4 is 0 Å². The van der Waals surface area contributed by atoms with Crippen LogP contribution in [0.3, 0.4) is 0 Å². The van der Waals surface area contributed by atoms with Gasteiger partial charge in [0, 0.05) is 22.6 Å². The molecule has 0 aliphatic rings. The largest absolute Gasteiger partial charge is 0.294 e. The Kier molecular flexibility index (Phi) is 5.24. The molecule has 0 aliphatic carbocycles. The molecule has 0 aliphatic heterocycles. The van der Waals surface area contributed by atoms with Crippen molar-refractivity contribution in [3.63, 3.8) is 0 Å². The molecule has 0 bridgehead atoms. The highest BCUT2D eigenvalue weighted by Gasteiger charge is 2.08. The normalized spacial score (nSPS) is 12.1. The summed E-state index contributed by atoms with van der Waals surface area (Å²) in [6.45, 7) is 1.99. The summed E-state index contributed by atoms with van der Waals surface area (Å²) in [7, 11) is -1.02. The summed E-state index contributed by atoms with van der Waals surface area (Å²) in [4.78, 5) is 12.8. The second-order valence-electron chi connectivity index (χ2n) is 4.76. The molecule has 0 saturated carbocycles. The van der Waals surface area contributed by atoms with Crippen LogP contribution in [0.2, 0.25) is 0 Å². The highest BCUT2D eigenvalue weighted by molar-refractivity contribution is 7.85. The third kappa shape index (κ3) is 4.14. The van der Waals surface area contributed by atoms with Gasteiger partial charge in [-0.3, -0.25) is 9.00 Å². The number of ketones is 1. The monoisotopic (exact) mass is 286 g/mol. The standard InChI is InChI=1S/C17H18O2S/c1-14-7-5-10-16(13-14)20(19)12-6-11-17(18)15-8-3-2-4-9-15/h2-5,7-10,13H,6,11-12H2,1H3. The predicted molar refractivity (Wildman–Crippen MR) is 82.5 cm³/mol. The predicted octanol–water partition coefficient (Wildman–Crippen LogP) is 3.77. The quantitative estimate of drug-likeness (QED) is 0.758. The molecule has 2 rings (SSSR count). The van der Waals surface area contributed by atoms with Crippen molar-refractivity contribution in [3.05, 3.63) is 65.7 Å². The molecule has 0 spiro atoms. The van der Waals surface area contributed by atoms with E-state index < -0.39 is 10.8 Å². The summed E-state index contributed by atoms with van der Waals surface area (Å²) in [6.07, 6.45) is 1.09. The number of hydrogen-bond acceptors (Lipinski definition) is 2. The second kappa shape index (κ2) is 7.15. The first kappa shape index (κ1) is 14.7. The van der Waals surface area contributed by atoms with Gasteiger partial charge in [-0.2, -0.15) is 0 Å². The maximum absolute atomic E-state index is 12.1. The van der Waals surface area contributed by atoms with Gasteiger partial charge in [0.15, 0.2) is 5.78 Å². The fourth-order valence-electron chi connectivity index (χ4n) is 2.01. The highest BCUT2D eigenvalue weighted by atomic mass is 32.2. The van der Waals surface area contributed by atoms with Crippen LogP contribution in [0.15, 0.2) is 59.5 Å². The van der Waals surface area contributed by atoms with Crippen molar-refractivity contribution in [2.75, 3.05) is 5.75 Å². The molecule has 104 valence electrons. The third-order valence-corrected chi connectivity index (χ3v) is 4.52. The average molecular weight is 286 g/mol. The van der Waals surface area contributed by atoms with Crippen LogP contribution in [0, 0.1) is 6.92 Å². The van der Waals surface area contributed by atoms with Gasteiger partial charge in [-0.05, 0) is 31.0 Å². The minimum absolute atomic E-state index is 0.117. The van der Waals surface area contributed by atoms with E-state index in [0.29, 0.717) is 18.6 Å². The Morgan fingerprint density at radius 2 is 1.80 bits per heavy atom. The molecule has 20 heavy (non-hydrogen) atoms. The number of rotatable bonds is 6. The molecule has 0 aromatic heterocycles. The lowest BCUT2D eigenvalue weighted by atomic mass is 10.1. The first-order valence-electron chi connectivity index (χ1n) is 6.70. The number of aryl methyl sites for hydroxylation is 1. The van der Waals surface area contributed by atoms with Crippen LogP contribution in [0.4, 0.5) is 0 Å². The van der Waals surface area contributed by atoms with Crippen LogP contribution >= 0.6 is 0 Å². The summed E-state index contributed by atoms with van der Waals surface area (Å²) < 4.78 is 12.1. The minimum atomic E-state index is -1.02. The zero-order chi connectivity index (χ0) is 14.4. The molecule has 0 fully saturated rings. The molecular formula is C17H18O2S. The van der Waals surface area contributed by atoms with E-state index in [2.05, 4.69) is 0 Å². The lowest BCUT2D eigenvalue weighted by molar-refractivity contribution is 0.0982. The van der Waals surface area contributed by atoms with Crippen LogP contribution in [-0.4, -0.2) is 15.7 Å². The van der Waals surface area contributed by atoms with Crippen LogP contribution in [0.5, 0.6) is 0 Å². The first-order valence-corrected chi connectivity index (χ1v) is 8.02. The zero-order valence-electron chi connectivity index (χ0n) is 11.5. The Balaban J connectivity index is 1.84. The van der Waals surface area contributed by atoms with E-state index in [4.69, 9.17) is 0 Å². The van der Waals surface area contributed by atoms with Crippen LogP contribution in [-0.2, 0) is 10.8 Å². The van der Waals surface area contributed by atoms with Gasteiger partial charge in [-0.1, -0.05) is 42.5 Å². The zero-order valence-corrected chi connectivity index (χ0v) is 12.4. The smallest absolute Gasteiger partial charge is 0.162 e. The third-order valence-electron chi connectivity index (χ3n) is 3.08. The van der Waals surface area contributed by atoms with Gasteiger partial charge < -0.3 is 0 Å². The Hall–Kier alpha value is -1.74. The summed E-state index contributed by atoms with van der Waals surface area (Å²) in [5, 5.41) is 0. The summed E-state index contributed by atoms with van der Waals surface area (Å²) >= 11 is 0. The molecule has 3 heteroatoms. The van der Waals surface area contributed by atoms with Gasteiger partial charge in [0.25, 0.3) is 0 Å². The van der Waals surface area contributed by atoms with Crippen LogP contribution in [0.1, 0.15) is 28.8 Å². The van der Waals surface area contributed by atoms with Crippen molar-refractivity contribution < 1.29 is 9.00 Å². The molecule has 0 amide bonds. The van der Waals surface area contributed by atoms with Crippen molar-refractivity contribution in [1.29, 1.82) is 0 Å². The topological polar surface area (TPSA) is 34.1 Å². The molecular weight excluding hydrogens is 268 g/mol. The van der Waals surface area contributed by atoms with Gasteiger partial charge in [-0.15, -0.1) is 0 Å². The van der Waals surface area contributed by atoms with Crippen molar-refractivity contribution in [1.82, 2.24) is 0 Å². The number of Topliss-reactive ketones (excluding diaryl/α,β-unsaturated/α-hetero) is 1. The Bertz CT molecular complexity index is 605. The summed E-state index contributed by atoms with van der Waals surface area (Å²) in [5.41, 5.74) is 1.84. The molecule has 0 N–H and O–H groups in total. The molecule has 1 atom stereocenters. The van der Waals surface area contributed by atoms with E-state index in [1.165, 1.54) is 0 Å². The fourth-order valence-corrected chi connectivity index (χ4v) is 3.20. The van der Waals surface area contributed by atoms with E-state index in [1.54, 1.807) is 0 Å². The Morgan fingerprint density at radius 1 is 1.05 bits per heavy atom. The molecule has 2 aromatic carbocycles. The highest BCUT2D eigenvalue weighted by Crippen LogP contribution is 2.12. The Labute approximate surface area is 122 Å². The number of carbonyl (C=O) groups excluding carboxylic acids is 1. The lowest BCUT2D eigenvalue weighted by Gasteiger charge is -2.03. The van der Waals surface area contributed by atoms with Gasteiger partial charge in [-0.25, -0.2) is 0 Å². The number of benzene rings is 2. The average Bonchev–Trinajstić information content (AvgIpc) is 2.48. The maximum atomic E-state index is 12.1. The van der Waals surface area contributed by atoms with Crippen LogP contribution in [0.25, 0.3) is 0 Å². The summed E-state index contributed by atoms with van der Waals surface area (Å²) in [5.74, 6) is 0.647. The SMILES string of the molecule is Cc1cccc(S(=O)CCCC(=O)c2ccccc2)c1. The van der Waals surface area contributed by atoms with E-state index in [9.17, 15) is 9.00 Å². The van der Waals surface area contributed by atoms with Crippen molar-refractivity contribution in [3.8, 4) is 0 Å². The van der Waals surface area contributed by atoms with Gasteiger partial charge in [0.2, 0.25) is 0 Å². The number of hydrogen-bond donors (Lipinski definition) is 0. The molecule has 0 radical (unpaired) electrons. The molecule has 0 saturated heterocycles. The summed E-state index contributed by atoms with van der Waals surface area (Å²) in [6, 6.07) is 17.0. The van der Waals surface area contributed by atoms with Crippen molar-refractivity contribution in [2.45, 2.75) is 24.7 Å². The van der Waals surface area contributed by atoms with E-state index in [-0.39, 0.29) is 5.78 Å². The lowest BCUT2D eigenvalue weighted by Crippen LogP contribution is -2.04. The van der Waals surface area contributed by atoms with Gasteiger partial charge >= 0.3 is 0 Å². The van der Waals surface area contributed by atoms with Crippen molar-refractivity contribution >= 4 is 16.6 Å². The first-order chi connectivity index (χ1) is 9.66. The minimum Gasteiger partial charge on any atom is -0.294 e. The molecule has 2 nitrogen and oxygen atoms in total. The molecule has 2 aromatic rings. The maximum Gasteiger partial charge on any atom is 0.162 e. The van der Waals surface area contributed by atoms with E-state index in [1.807, 2.05) is 61.5 Å². The van der Waals surface area contributed by atoms with E-state index >= 15 is 0 Å². The number of carbonyl (C=O) groups is 1. The van der Waals surface area contributed by atoms with E-state index in [0.717, 1.165) is 16.0 Å². The van der Waals surface area contributed by atoms with Crippen molar-refractivity contribution in [2.24, 2.45) is 0 Å². The fraction of sp³-hybridized carbons (Fsp3) is 0.235. The molecule has 0 heterocycles. The van der Waals surface area contributed by atoms with Gasteiger partial charge in [0.05, 0.1) is 10.8 Å². The van der Waals surface area contributed by atoms with Gasteiger partial charge in [0.1, 0.15) is 0 Å². The molecule has 1 unspecified atom stereocenters. The second-order valence-corrected chi connectivity index (χ2v) is 6.33. The Morgan fingerprint density at radius 3 is 2.50 bits per heavy atom.